The monoisotopic (exact) mass is 390 g/mol. The van der Waals surface area contributed by atoms with Gasteiger partial charge in [0.1, 0.15) is 10.6 Å². The first-order valence-corrected chi connectivity index (χ1v) is 9.28. The Hall–Kier alpha value is -1.12. The molecule has 0 unspecified atom stereocenters. The maximum atomic E-state index is 12.6. The van der Waals surface area contributed by atoms with Crippen molar-refractivity contribution in [1.82, 2.24) is 4.72 Å². The highest BCUT2D eigenvalue weighted by molar-refractivity contribution is 9.10. The van der Waals surface area contributed by atoms with E-state index in [9.17, 15) is 13.2 Å². The summed E-state index contributed by atoms with van der Waals surface area (Å²) in [5.41, 5.74) is 5.39. The van der Waals surface area contributed by atoms with E-state index < -0.39 is 27.9 Å². The Bertz CT molecular complexity index is 663. The van der Waals surface area contributed by atoms with Gasteiger partial charge in [-0.05, 0) is 31.0 Å². The molecule has 1 aromatic rings. The molecular formula is C14H19BrN2O4S. The van der Waals surface area contributed by atoms with Crippen LogP contribution in [-0.2, 0) is 14.8 Å². The van der Waals surface area contributed by atoms with Gasteiger partial charge in [-0.2, -0.15) is 0 Å². The maximum absolute atomic E-state index is 12.6. The number of sulfonamides is 1. The zero-order chi connectivity index (χ0) is 16.3. The lowest BCUT2D eigenvalue weighted by atomic mass is 9.85. The highest BCUT2D eigenvalue weighted by Gasteiger charge is 2.33. The van der Waals surface area contributed by atoms with Crippen LogP contribution in [0.5, 0.6) is 5.75 Å². The number of hydrogen-bond acceptors (Lipinski definition) is 4. The fourth-order valence-corrected chi connectivity index (χ4v) is 4.75. The molecule has 0 spiro atoms. The zero-order valence-corrected chi connectivity index (χ0v) is 14.6. The minimum absolute atomic E-state index is 0.0400. The van der Waals surface area contributed by atoms with E-state index in [0.29, 0.717) is 17.3 Å². The summed E-state index contributed by atoms with van der Waals surface area (Å²) in [6, 6.07) is 4.28. The minimum atomic E-state index is -3.80. The van der Waals surface area contributed by atoms with Gasteiger partial charge in [-0.3, -0.25) is 4.79 Å². The van der Waals surface area contributed by atoms with Gasteiger partial charge < -0.3 is 10.5 Å². The minimum Gasteiger partial charge on any atom is -0.495 e. The third-order valence-electron chi connectivity index (χ3n) is 3.85. The van der Waals surface area contributed by atoms with E-state index >= 15 is 0 Å². The van der Waals surface area contributed by atoms with E-state index in [4.69, 9.17) is 10.5 Å². The summed E-state index contributed by atoms with van der Waals surface area (Å²) < 4.78 is 33.6. The van der Waals surface area contributed by atoms with Crippen molar-refractivity contribution < 1.29 is 17.9 Å². The van der Waals surface area contributed by atoms with Crippen LogP contribution in [0.15, 0.2) is 27.6 Å². The predicted octanol–water partition coefficient (Wildman–Crippen LogP) is 1.78. The molecule has 1 saturated carbocycles. The summed E-state index contributed by atoms with van der Waals surface area (Å²) in [5, 5.41) is 0. The molecule has 0 aromatic heterocycles. The molecule has 122 valence electrons. The van der Waals surface area contributed by atoms with Crippen LogP contribution in [-0.4, -0.2) is 27.5 Å². The van der Waals surface area contributed by atoms with Gasteiger partial charge in [0.05, 0.1) is 13.0 Å². The van der Waals surface area contributed by atoms with Crippen LogP contribution in [0.25, 0.3) is 0 Å². The van der Waals surface area contributed by atoms with Crippen molar-refractivity contribution in [2.45, 2.75) is 36.6 Å². The fourth-order valence-electron chi connectivity index (χ4n) is 2.74. The van der Waals surface area contributed by atoms with Crippen LogP contribution in [0.1, 0.15) is 25.7 Å². The molecule has 1 aliphatic carbocycles. The molecule has 6 nitrogen and oxygen atoms in total. The summed E-state index contributed by atoms with van der Waals surface area (Å²) in [7, 11) is -2.39. The molecule has 0 saturated heterocycles. The Balaban J connectivity index is 2.31. The van der Waals surface area contributed by atoms with Crippen molar-refractivity contribution in [3.8, 4) is 5.75 Å². The SMILES string of the molecule is COc1ccc(Br)cc1S(=O)(=O)N[C@@H]1CCCC[C@@H]1C(N)=O. The van der Waals surface area contributed by atoms with Crippen molar-refractivity contribution >= 4 is 31.9 Å². The molecule has 0 radical (unpaired) electrons. The number of carbonyl (C=O) groups excluding carboxylic acids is 1. The number of primary amides is 1. The number of hydrogen-bond donors (Lipinski definition) is 2. The first kappa shape index (κ1) is 17.2. The Kier molecular flexibility index (Phi) is 5.46. The van der Waals surface area contributed by atoms with Crippen molar-refractivity contribution in [2.24, 2.45) is 11.7 Å². The van der Waals surface area contributed by atoms with Gasteiger partial charge in [0.25, 0.3) is 0 Å². The lowest BCUT2D eigenvalue weighted by molar-refractivity contribution is -0.123. The van der Waals surface area contributed by atoms with Crippen molar-refractivity contribution in [3.05, 3.63) is 22.7 Å². The molecule has 1 fully saturated rings. The first-order chi connectivity index (χ1) is 10.3. The smallest absolute Gasteiger partial charge is 0.244 e. The number of benzene rings is 1. The molecule has 22 heavy (non-hydrogen) atoms. The largest absolute Gasteiger partial charge is 0.495 e. The summed E-state index contributed by atoms with van der Waals surface area (Å²) in [6.45, 7) is 0. The number of nitrogens with two attached hydrogens (primary N) is 1. The number of nitrogens with one attached hydrogen (secondary N) is 1. The van der Waals surface area contributed by atoms with Crippen molar-refractivity contribution in [1.29, 1.82) is 0 Å². The molecule has 2 atom stereocenters. The van der Waals surface area contributed by atoms with E-state index in [0.717, 1.165) is 12.8 Å². The zero-order valence-electron chi connectivity index (χ0n) is 12.2. The standard InChI is InChI=1S/C14H19BrN2O4S/c1-21-12-7-6-9(15)8-13(12)22(19,20)17-11-5-3-2-4-10(11)14(16)18/h6-8,10-11,17H,2-5H2,1H3,(H2,16,18)/t10-,11+/m0/s1. The molecule has 3 N–H and O–H groups in total. The van der Waals surface area contributed by atoms with Crippen LogP contribution in [0.2, 0.25) is 0 Å². The third kappa shape index (κ3) is 3.80. The van der Waals surface area contributed by atoms with Gasteiger partial charge in [-0.15, -0.1) is 0 Å². The van der Waals surface area contributed by atoms with Crippen LogP contribution in [0.3, 0.4) is 0 Å². The topological polar surface area (TPSA) is 98.5 Å². The van der Waals surface area contributed by atoms with Gasteiger partial charge in [0, 0.05) is 10.5 Å². The Morgan fingerprint density at radius 3 is 2.68 bits per heavy atom. The second-order valence-electron chi connectivity index (χ2n) is 5.32. The van der Waals surface area contributed by atoms with Crippen LogP contribution >= 0.6 is 15.9 Å². The summed E-state index contributed by atoms with van der Waals surface area (Å²) in [4.78, 5) is 11.6. The number of halogens is 1. The lowest BCUT2D eigenvalue weighted by Crippen LogP contribution is -2.47. The average Bonchev–Trinajstić information content (AvgIpc) is 2.47. The Morgan fingerprint density at radius 1 is 1.36 bits per heavy atom. The molecule has 0 heterocycles. The second kappa shape index (κ2) is 6.97. The first-order valence-electron chi connectivity index (χ1n) is 7.00. The molecule has 0 bridgehead atoms. The van der Waals surface area contributed by atoms with E-state index in [1.54, 1.807) is 12.1 Å². The summed E-state index contributed by atoms with van der Waals surface area (Å²) in [6.07, 6.45) is 2.96. The van der Waals surface area contributed by atoms with Gasteiger partial charge in [0.15, 0.2) is 0 Å². The summed E-state index contributed by atoms with van der Waals surface area (Å²) >= 11 is 3.26. The molecule has 1 aliphatic rings. The average molecular weight is 391 g/mol. The molecular weight excluding hydrogens is 372 g/mol. The van der Waals surface area contributed by atoms with E-state index in [1.165, 1.54) is 13.2 Å². The van der Waals surface area contributed by atoms with Gasteiger partial charge in [-0.1, -0.05) is 28.8 Å². The second-order valence-corrected chi connectivity index (χ2v) is 7.91. The molecule has 1 amide bonds. The number of amides is 1. The maximum Gasteiger partial charge on any atom is 0.244 e. The number of rotatable bonds is 5. The van der Waals surface area contributed by atoms with Gasteiger partial charge in [-0.25, -0.2) is 13.1 Å². The van der Waals surface area contributed by atoms with E-state index in [2.05, 4.69) is 20.7 Å². The molecule has 1 aromatic carbocycles. The predicted molar refractivity (Wildman–Crippen MR) is 86.0 cm³/mol. The van der Waals surface area contributed by atoms with Crippen molar-refractivity contribution in [3.63, 3.8) is 0 Å². The van der Waals surface area contributed by atoms with Gasteiger partial charge in [0.2, 0.25) is 15.9 Å². The highest BCUT2D eigenvalue weighted by atomic mass is 79.9. The molecule has 8 heteroatoms. The number of methoxy groups -OCH3 is 1. The van der Waals surface area contributed by atoms with Crippen LogP contribution in [0, 0.1) is 5.92 Å². The fraction of sp³-hybridized carbons (Fsp3) is 0.500. The van der Waals surface area contributed by atoms with Crippen LogP contribution < -0.4 is 15.2 Å². The van der Waals surface area contributed by atoms with Crippen molar-refractivity contribution in [2.75, 3.05) is 7.11 Å². The molecule has 0 aliphatic heterocycles. The van der Waals surface area contributed by atoms with Gasteiger partial charge >= 0.3 is 0 Å². The number of carbonyl (C=O) groups is 1. The Labute approximate surface area is 138 Å². The van der Waals surface area contributed by atoms with Crippen LogP contribution in [0.4, 0.5) is 0 Å². The third-order valence-corrected chi connectivity index (χ3v) is 5.86. The lowest BCUT2D eigenvalue weighted by Gasteiger charge is -2.29. The highest BCUT2D eigenvalue weighted by Crippen LogP contribution is 2.30. The normalized spacial score (nSPS) is 22.3. The van der Waals surface area contributed by atoms with E-state index in [-0.39, 0.29) is 10.6 Å². The summed E-state index contributed by atoms with van der Waals surface area (Å²) in [5.74, 6) is -0.683. The molecule has 2 rings (SSSR count). The quantitative estimate of drug-likeness (QED) is 0.800. The van der Waals surface area contributed by atoms with E-state index in [1.807, 2.05) is 0 Å². The number of ether oxygens (including phenoxy) is 1. The Morgan fingerprint density at radius 2 is 2.05 bits per heavy atom.